The molecule has 0 aliphatic heterocycles. The zero-order chi connectivity index (χ0) is 20.0. The molecule has 0 saturated carbocycles. The Hall–Kier alpha value is -3.27. The number of H-pyrrole nitrogens is 1. The van der Waals surface area contributed by atoms with E-state index in [4.69, 9.17) is 16.9 Å². The number of fused-ring (bicyclic) bond motifs is 1. The van der Waals surface area contributed by atoms with Gasteiger partial charge in [-0.25, -0.2) is 4.79 Å². The van der Waals surface area contributed by atoms with Crippen LogP contribution in [0.25, 0.3) is 10.9 Å². The summed E-state index contributed by atoms with van der Waals surface area (Å²) >= 11 is 0. The SMILES string of the molecule is N=C(N)NCCC[C@H](NC(=O)[C@@H](N)Cc1c[nH]c2ccc(O)cc12)C(=O)O. The Labute approximate surface area is 155 Å². The van der Waals surface area contributed by atoms with Gasteiger partial charge in [-0.2, -0.15) is 0 Å². The third kappa shape index (κ3) is 5.61. The lowest BCUT2D eigenvalue weighted by molar-refractivity contribution is -0.142. The molecule has 0 saturated heterocycles. The Morgan fingerprint density at radius 1 is 1.33 bits per heavy atom. The minimum Gasteiger partial charge on any atom is -0.508 e. The normalized spacial score (nSPS) is 13.1. The van der Waals surface area contributed by atoms with Crippen molar-refractivity contribution >= 4 is 28.7 Å². The Morgan fingerprint density at radius 3 is 2.74 bits per heavy atom. The highest BCUT2D eigenvalue weighted by Crippen LogP contribution is 2.23. The number of carboxylic acids is 1. The number of carbonyl (C=O) groups is 2. The fourth-order valence-electron chi connectivity index (χ4n) is 2.73. The monoisotopic (exact) mass is 376 g/mol. The number of rotatable bonds is 9. The topological polar surface area (TPSA) is 190 Å². The minimum absolute atomic E-state index is 0.103. The second-order valence-electron chi connectivity index (χ2n) is 6.24. The van der Waals surface area contributed by atoms with Crippen LogP contribution in [-0.4, -0.2) is 51.7 Å². The number of carboxylic acid groups (broad SMARTS) is 1. The van der Waals surface area contributed by atoms with Crippen molar-refractivity contribution in [2.75, 3.05) is 6.54 Å². The van der Waals surface area contributed by atoms with E-state index < -0.39 is 24.0 Å². The van der Waals surface area contributed by atoms with Crippen LogP contribution in [0.15, 0.2) is 24.4 Å². The fourth-order valence-corrected chi connectivity index (χ4v) is 2.73. The van der Waals surface area contributed by atoms with Crippen LogP contribution in [0, 0.1) is 5.41 Å². The summed E-state index contributed by atoms with van der Waals surface area (Å²) in [5.41, 5.74) is 12.6. The zero-order valence-electron chi connectivity index (χ0n) is 14.7. The van der Waals surface area contributed by atoms with E-state index >= 15 is 0 Å². The maximum atomic E-state index is 12.3. The molecule has 1 aromatic carbocycles. The van der Waals surface area contributed by atoms with Crippen LogP contribution in [0.5, 0.6) is 5.75 Å². The number of phenolic OH excluding ortho intramolecular Hbond substituents is 1. The molecule has 10 nitrogen and oxygen atoms in total. The summed E-state index contributed by atoms with van der Waals surface area (Å²) in [5.74, 6) is -1.82. The summed E-state index contributed by atoms with van der Waals surface area (Å²) in [6, 6.07) is 2.82. The Bertz CT molecular complexity index is 834. The summed E-state index contributed by atoms with van der Waals surface area (Å²) in [7, 11) is 0. The van der Waals surface area contributed by atoms with Gasteiger partial charge >= 0.3 is 5.97 Å². The number of amides is 1. The first-order valence-electron chi connectivity index (χ1n) is 8.43. The molecular formula is C17H24N6O4. The molecule has 0 unspecified atom stereocenters. The molecule has 0 aliphatic carbocycles. The van der Waals surface area contributed by atoms with Gasteiger partial charge in [-0.15, -0.1) is 0 Å². The number of hydrogen-bond donors (Lipinski definition) is 8. The van der Waals surface area contributed by atoms with Crippen molar-refractivity contribution in [3.63, 3.8) is 0 Å². The number of aromatic amines is 1. The highest BCUT2D eigenvalue weighted by Gasteiger charge is 2.23. The van der Waals surface area contributed by atoms with Crippen molar-refractivity contribution in [1.29, 1.82) is 5.41 Å². The molecule has 10 heteroatoms. The molecule has 0 bridgehead atoms. The molecule has 2 aromatic rings. The fraction of sp³-hybridized carbons (Fsp3) is 0.353. The Kier molecular flexibility index (Phi) is 6.61. The third-order valence-corrected chi connectivity index (χ3v) is 4.13. The van der Waals surface area contributed by atoms with E-state index in [1.807, 2.05) is 0 Å². The van der Waals surface area contributed by atoms with Crippen LogP contribution in [0.3, 0.4) is 0 Å². The molecule has 2 atom stereocenters. The van der Waals surface area contributed by atoms with Gasteiger partial charge in [0.25, 0.3) is 0 Å². The number of phenols is 1. The van der Waals surface area contributed by atoms with Crippen molar-refractivity contribution in [3.8, 4) is 5.75 Å². The van der Waals surface area contributed by atoms with E-state index in [2.05, 4.69) is 15.6 Å². The van der Waals surface area contributed by atoms with Crippen molar-refractivity contribution in [3.05, 3.63) is 30.0 Å². The van der Waals surface area contributed by atoms with Crippen molar-refractivity contribution in [2.24, 2.45) is 11.5 Å². The van der Waals surface area contributed by atoms with Gasteiger partial charge in [0.2, 0.25) is 5.91 Å². The predicted molar refractivity (Wildman–Crippen MR) is 100 cm³/mol. The second-order valence-corrected chi connectivity index (χ2v) is 6.24. The molecule has 10 N–H and O–H groups in total. The molecule has 27 heavy (non-hydrogen) atoms. The molecule has 0 spiro atoms. The van der Waals surface area contributed by atoms with Gasteiger partial charge in [0.05, 0.1) is 6.04 Å². The van der Waals surface area contributed by atoms with Crippen molar-refractivity contribution < 1.29 is 19.8 Å². The van der Waals surface area contributed by atoms with Crippen LogP contribution in [0.4, 0.5) is 0 Å². The lowest BCUT2D eigenvalue weighted by Gasteiger charge is -2.18. The van der Waals surface area contributed by atoms with Crippen LogP contribution >= 0.6 is 0 Å². The summed E-state index contributed by atoms with van der Waals surface area (Å²) in [6.45, 7) is 0.333. The number of aliphatic carboxylic acids is 1. The molecule has 1 heterocycles. The van der Waals surface area contributed by atoms with E-state index in [0.717, 1.165) is 16.5 Å². The minimum atomic E-state index is -1.16. The molecule has 1 aromatic heterocycles. The number of benzene rings is 1. The second kappa shape index (κ2) is 8.90. The van der Waals surface area contributed by atoms with Gasteiger partial charge in [-0.05, 0) is 43.0 Å². The number of nitrogens with one attached hydrogen (secondary N) is 4. The molecule has 0 radical (unpaired) electrons. The largest absolute Gasteiger partial charge is 0.508 e. The van der Waals surface area contributed by atoms with Gasteiger partial charge in [0.1, 0.15) is 11.8 Å². The quantitative estimate of drug-likeness (QED) is 0.165. The van der Waals surface area contributed by atoms with Crippen molar-refractivity contribution in [1.82, 2.24) is 15.6 Å². The molecule has 1 amide bonds. The molecular weight excluding hydrogens is 352 g/mol. The van der Waals surface area contributed by atoms with E-state index in [0.29, 0.717) is 13.0 Å². The van der Waals surface area contributed by atoms with Gasteiger partial charge in [0.15, 0.2) is 5.96 Å². The maximum Gasteiger partial charge on any atom is 0.326 e. The zero-order valence-corrected chi connectivity index (χ0v) is 14.7. The van der Waals surface area contributed by atoms with Crippen LogP contribution in [0.2, 0.25) is 0 Å². The molecule has 146 valence electrons. The highest BCUT2D eigenvalue weighted by atomic mass is 16.4. The predicted octanol–water partition coefficient (Wildman–Crippen LogP) is -0.424. The number of hydrogen-bond acceptors (Lipinski definition) is 5. The van der Waals surface area contributed by atoms with Gasteiger partial charge < -0.3 is 37.3 Å². The van der Waals surface area contributed by atoms with E-state index in [1.165, 1.54) is 0 Å². The summed E-state index contributed by atoms with van der Waals surface area (Å²) in [6.07, 6.45) is 2.48. The maximum absolute atomic E-state index is 12.3. The lowest BCUT2D eigenvalue weighted by Crippen LogP contribution is -2.49. The number of aromatic hydroxyl groups is 1. The van der Waals surface area contributed by atoms with Crippen LogP contribution in [-0.2, 0) is 16.0 Å². The Morgan fingerprint density at radius 2 is 2.07 bits per heavy atom. The number of nitrogens with two attached hydrogens (primary N) is 2. The number of carbonyl (C=O) groups excluding carboxylic acids is 1. The van der Waals surface area contributed by atoms with E-state index in [9.17, 15) is 19.8 Å². The van der Waals surface area contributed by atoms with E-state index in [1.54, 1.807) is 24.4 Å². The van der Waals surface area contributed by atoms with Crippen molar-refractivity contribution in [2.45, 2.75) is 31.3 Å². The number of aromatic nitrogens is 1. The average Bonchev–Trinajstić information content (AvgIpc) is 2.98. The third-order valence-electron chi connectivity index (χ3n) is 4.13. The van der Waals surface area contributed by atoms with Crippen LogP contribution in [0.1, 0.15) is 18.4 Å². The van der Waals surface area contributed by atoms with Gasteiger partial charge in [-0.1, -0.05) is 0 Å². The Balaban J connectivity index is 1.95. The van der Waals surface area contributed by atoms with Crippen LogP contribution < -0.4 is 22.1 Å². The first-order chi connectivity index (χ1) is 12.8. The average molecular weight is 376 g/mol. The summed E-state index contributed by atoms with van der Waals surface area (Å²) < 4.78 is 0. The summed E-state index contributed by atoms with van der Waals surface area (Å²) in [4.78, 5) is 26.7. The molecule has 0 fully saturated rings. The van der Waals surface area contributed by atoms with Gasteiger partial charge in [0, 0.05) is 23.6 Å². The van der Waals surface area contributed by atoms with E-state index in [-0.39, 0.29) is 24.6 Å². The highest BCUT2D eigenvalue weighted by molar-refractivity contribution is 5.89. The molecule has 2 rings (SSSR count). The lowest BCUT2D eigenvalue weighted by atomic mass is 10.0. The number of guanidine groups is 1. The smallest absolute Gasteiger partial charge is 0.326 e. The first-order valence-corrected chi connectivity index (χ1v) is 8.43. The summed E-state index contributed by atoms with van der Waals surface area (Å²) in [5, 5.41) is 31.7. The molecule has 0 aliphatic rings. The van der Waals surface area contributed by atoms with Gasteiger partial charge in [-0.3, -0.25) is 10.2 Å². The first kappa shape index (κ1) is 20.0. The standard InChI is InChI=1S/C17H24N6O4/c18-12(6-9-8-22-13-4-3-10(24)7-11(9)13)15(25)23-14(16(26)27)2-1-5-21-17(19)20/h3-4,7-8,12,14,22,24H,1-2,5-6,18H2,(H,23,25)(H,26,27)(H4,19,20,21)/t12-,14-/m0/s1.